The van der Waals surface area contributed by atoms with Crippen LogP contribution in [0.3, 0.4) is 0 Å². The highest BCUT2D eigenvalue weighted by atomic mass is 32.1. The quantitative estimate of drug-likeness (QED) is 0.831. The Balaban J connectivity index is 2.42. The maximum atomic E-state index is 5.40. The van der Waals surface area contributed by atoms with Gasteiger partial charge >= 0.3 is 0 Å². The maximum Gasteiger partial charge on any atom is 0.195 e. The van der Waals surface area contributed by atoms with Crippen LogP contribution in [-0.4, -0.2) is 28.5 Å². The lowest BCUT2D eigenvalue weighted by Gasteiger charge is -2.05. The second kappa shape index (κ2) is 5.29. The first-order valence-electron chi connectivity index (χ1n) is 5.48. The van der Waals surface area contributed by atoms with Crippen LogP contribution in [0.15, 0.2) is 16.7 Å². The average Bonchev–Trinajstić information content (AvgIpc) is 2.92. The molecule has 0 atom stereocenters. The first kappa shape index (κ1) is 12.1. The molecule has 0 bridgehead atoms. The largest absolute Gasteiger partial charge is 0.469 e. The molecular formula is C11H15N3O2S. The average molecular weight is 253 g/mol. The number of hydrogen-bond donors (Lipinski definition) is 1. The number of nitrogens with one attached hydrogen (secondary N) is 1. The van der Waals surface area contributed by atoms with E-state index in [-0.39, 0.29) is 0 Å². The highest BCUT2D eigenvalue weighted by molar-refractivity contribution is 7.71. The van der Waals surface area contributed by atoms with Crippen LogP contribution < -0.4 is 0 Å². The van der Waals surface area contributed by atoms with Crippen LogP contribution in [0, 0.1) is 4.77 Å². The number of aromatic amines is 1. The lowest BCUT2D eigenvalue weighted by Crippen LogP contribution is -2.06. The van der Waals surface area contributed by atoms with E-state index in [0.29, 0.717) is 17.9 Å². The molecule has 0 aliphatic carbocycles. The van der Waals surface area contributed by atoms with E-state index in [0.717, 1.165) is 23.6 Å². The first-order valence-corrected chi connectivity index (χ1v) is 5.89. The third-order valence-electron chi connectivity index (χ3n) is 2.58. The van der Waals surface area contributed by atoms with Gasteiger partial charge < -0.3 is 9.15 Å². The van der Waals surface area contributed by atoms with Gasteiger partial charge in [0, 0.05) is 13.5 Å². The van der Waals surface area contributed by atoms with Gasteiger partial charge in [0.1, 0.15) is 5.76 Å². The van der Waals surface area contributed by atoms with Gasteiger partial charge in [0.25, 0.3) is 0 Å². The highest BCUT2D eigenvalue weighted by Crippen LogP contribution is 2.23. The molecule has 0 aliphatic heterocycles. The molecule has 2 aromatic heterocycles. The summed E-state index contributed by atoms with van der Waals surface area (Å²) >= 11 is 5.20. The zero-order valence-electron chi connectivity index (χ0n) is 9.90. The third kappa shape index (κ3) is 2.32. The van der Waals surface area contributed by atoms with Crippen LogP contribution in [0.4, 0.5) is 0 Å². The molecule has 0 amide bonds. The minimum absolute atomic E-state index is 0.597. The number of methoxy groups -OCH3 is 1. The van der Waals surface area contributed by atoms with Crippen LogP contribution in [0.2, 0.25) is 0 Å². The summed E-state index contributed by atoms with van der Waals surface area (Å²) in [6.07, 6.45) is 2.50. The Morgan fingerprint density at radius 3 is 3.12 bits per heavy atom. The van der Waals surface area contributed by atoms with Crippen LogP contribution in [0.1, 0.15) is 12.7 Å². The monoisotopic (exact) mass is 253 g/mol. The van der Waals surface area contributed by atoms with Gasteiger partial charge in [-0.3, -0.25) is 9.67 Å². The second-order valence-electron chi connectivity index (χ2n) is 3.61. The van der Waals surface area contributed by atoms with Crippen molar-refractivity contribution >= 4 is 12.2 Å². The molecule has 2 rings (SSSR count). The van der Waals surface area contributed by atoms with Crippen molar-refractivity contribution in [3.63, 3.8) is 0 Å². The Morgan fingerprint density at radius 1 is 1.59 bits per heavy atom. The topological polar surface area (TPSA) is 56.0 Å². The van der Waals surface area contributed by atoms with Gasteiger partial charge in [0.15, 0.2) is 10.6 Å². The fraction of sp³-hybridized carbons (Fsp3) is 0.455. The number of nitrogens with zero attached hydrogens (tertiary/aromatic N) is 2. The summed E-state index contributed by atoms with van der Waals surface area (Å²) in [7, 11) is 1.67. The van der Waals surface area contributed by atoms with Crippen molar-refractivity contribution in [2.24, 2.45) is 0 Å². The molecule has 92 valence electrons. The highest BCUT2D eigenvalue weighted by Gasteiger charge is 2.14. The van der Waals surface area contributed by atoms with E-state index in [1.165, 1.54) is 0 Å². The molecule has 0 radical (unpaired) electrons. The van der Waals surface area contributed by atoms with Crippen molar-refractivity contribution in [3.8, 4) is 11.4 Å². The summed E-state index contributed by atoms with van der Waals surface area (Å²) in [6, 6.07) is 1.91. The SMILES string of the molecule is CCc1occc1-c1n[nH]c(=S)n1CCOC. The lowest BCUT2D eigenvalue weighted by molar-refractivity contribution is 0.187. The van der Waals surface area contributed by atoms with Gasteiger partial charge in [-0.1, -0.05) is 6.92 Å². The molecular weight excluding hydrogens is 238 g/mol. The Morgan fingerprint density at radius 2 is 2.41 bits per heavy atom. The van der Waals surface area contributed by atoms with Crippen molar-refractivity contribution in [2.75, 3.05) is 13.7 Å². The number of rotatable bonds is 5. The molecule has 0 aliphatic rings. The van der Waals surface area contributed by atoms with E-state index in [1.807, 2.05) is 17.6 Å². The predicted octanol–water partition coefficient (Wildman–Crippen LogP) is 2.41. The number of aromatic nitrogens is 3. The maximum absolute atomic E-state index is 5.40. The third-order valence-corrected chi connectivity index (χ3v) is 2.90. The summed E-state index contributed by atoms with van der Waals surface area (Å²) < 4.78 is 13.0. The molecule has 5 nitrogen and oxygen atoms in total. The Hall–Kier alpha value is -1.40. The second-order valence-corrected chi connectivity index (χ2v) is 3.99. The van der Waals surface area contributed by atoms with E-state index in [1.54, 1.807) is 13.4 Å². The van der Waals surface area contributed by atoms with Crippen molar-refractivity contribution < 1.29 is 9.15 Å². The molecule has 0 saturated heterocycles. The van der Waals surface area contributed by atoms with E-state index in [9.17, 15) is 0 Å². The fourth-order valence-corrected chi connectivity index (χ4v) is 1.95. The van der Waals surface area contributed by atoms with Crippen LogP contribution in [-0.2, 0) is 17.7 Å². The van der Waals surface area contributed by atoms with Crippen molar-refractivity contribution in [1.82, 2.24) is 14.8 Å². The minimum atomic E-state index is 0.597. The fourth-order valence-electron chi connectivity index (χ4n) is 1.73. The molecule has 0 saturated carbocycles. The van der Waals surface area contributed by atoms with Gasteiger partial charge in [0.2, 0.25) is 0 Å². The van der Waals surface area contributed by atoms with E-state index in [4.69, 9.17) is 21.4 Å². The van der Waals surface area contributed by atoms with Crippen LogP contribution in [0.25, 0.3) is 11.4 Å². The van der Waals surface area contributed by atoms with Crippen molar-refractivity contribution in [2.45, 2.75) is 19.9 Å². The molecule has 6 heteroatoms. The molecule has 17 heavy (non-hydrogen) atoms. The molecule has 0 unspecified atom stereocenters. The Bertz CT molecular complexity index is 541. The van der Waals surface area contributed by atoms with E-state index < -0.39 is 0 Å². The summed E-state index contributed by atoms with van der Waals surface area (Å²) in [5.74, 6) is 1.72. The van der Waals surface area contributed by atoms with E-state index >= 15 is 0 Å². The number of hydrogen-bond acceptors (Lipinski definition) is 4. The molecule has 2 aromatic rings. The standard InChI is InChI=1S/C11H15N3O2S/c1-3-9-8(4-6-16-9)10-12-13-11(17)14(10)5-7-15-2/h4,6H,3,5,7H2,1-2H3,(H,13,17). The van der Waals surface area contributed by atoms with Gasteiger partial charge in [-0.25, -0.2) is 0 Å². The van der Waals surface area contributed by atoms with Crippen LogP contribution in [0.5, 0.6) is 0 Å². The molecule has 0 aromatic carbocycles. The zero-order chi connectivity index (χ0) is 12.3. The van der Waals surface area contributed by atoms with Gasteiger partial charge in [-0.2, -0.15) is 5.10 Å². The van der Waals surface area contributed by atoms with Crippen molar-refractivity contribution in [3.05, 3.63) is 22.9 Å². The normalized spacial score (nSPS) is 10.9. The summed E-state index contributed by atoms with van der Waals surface area (Å²) in [5.41, 5.74) is 0.982. The molecule has 0 fully saturated rings. The number of H-pyrrole nitrogens is 1. The molecule has 2 heterocycles. The summed E-state index contributed by atoms with van der Waals surface area (Å²) in [5, 5.41) is 7.05. The van der Waals surface area contributed by atoms with Gasteiger partial charge in [-0.05, 0) is 18.3 Å². The van der Waals surface area contributed by atoms with Crippen molar-refractivity contribution in [1.29, 1.82) is 0 Å². The number of aryl methyl sites for hydroxylation is 1. The lowest BCUT2D eigenvalue weighted by atomic mass is 10.2. The number of furan rings is 1. The number of ether oxygens (including phenoxy) is 1. The smallest absolute Gasteiger partial charge is 0.195 e. The summed E-state index contributed by atoms with van der Waals surface area (Å²) in [6.45, 7) is 3.32. The molecule has 0 spiro atoms. The first-order chi connectivity index (χ1) is 8.27. The van der Waals surface area contributed by atoms with Crippen LogP contribution >= 0.6 is 12.2 Å². The predicted molar refractivity (Wildman–Crippen MR) is 66.4 cm³/mol. The van der Waals surface area contributed by atoms with Gasteiger partial charge in [0.05, 0.1) is 25.0 Å². The minimum Gasteiger partial charge on any atom is -0.469 e. The Labute approximate surface area is 104 Å². The summed E-state index contributed by atoms with van der Waals surface area (Å²) in [4.78, 5) is 0. The van der Waals surface area contributed by atoms with Gasteiger partial charge in [-0.15, -0.1) is 0 Å². The molecule has 1 N–H and O–H groups in total. The zero-order valence-corrected chi connectivity index (χ0v) is 10.7. The Kier molecular flexibility index (Phi) is 3.75. The van der Waals surface area contributed by atoms with E-state index in [2.05, 4.69) is 10.2 Å².